The second-order valence-corrected chi connectivity index (χ2v) is 6.55. The van der Waals surface area contributed by atoms with Gasteiger partial charge in [-0.25, -0.2) is 0 Å². The standard InChI is InChI=1S/C18H30N2O/c1-5-16-12-19(4)9-6-10-20(16)13-18(21)17-11-14(2)7-8-15(17)3/h7-8,11,16,18,21H,5-6,9-10,12-13H2,1-4H3. The molecule has 2 unspecified atom stereocenters. The van der Waals surface area contributed by atoms with Crippen molar-refractivity contribution < 1.29 is 5.11 Å². The van der Waals surface area contributed by atoms with E-state index < -0.39 is 0 Å². The van der Waals surface area contributed by atoms with Crippen molar-refractivity contribution in [3.05, 3.63) is 34.9 Å². The number of aliphatic hydroxyl groups is 1. The van der Waals surface area contributed by atoms with E-state index >= 15 is 0 Å². The number of β-amino-alcohol motifs (C(OH)–C–C–N with tert-alkyl or cyclic N) is 1. The van der Waals surface area contributed by atoms with Gasteiger partial charge in [-0.1, -0.05) is 30.7 Å². The van der Waals surface area contributed by atoms with Crippen LogP contribution in [0.5, 0.6) is 0 Å². The molecule has 1 aliphatic rings. The van der Waals surface area contributed by atoms with Gasteiger partial charge in [0.05, 0.1) is 6.10 Å². The number of aryl methyl sites for hydroxylation is 2. The Hall–Kier alpha value is -0.900. The van der Waals surface area contributed by atoms with E-state index in [1.165, 1.54) is 17.5 Å². The number of aliphatic hydroxyl groups excluding tert-OH is 1. The van der Waals surface area contributed by atoms with Crippen LogP contribution in [0.25, 0.3) is 0 Å². The first-order chi connectivity index (χ1) is 10.0. The van der Waals surface area contributed by atoms with Crippen molar-refractivity contribution in [3.63, 3.8) is 0 Å². The fourth-order valence-electron chi connectivity index (χ4n) is 3.36. The van der Waals surface area contributed by atoms with Crippen molar-refractivity contribution in [2.75, 3.05) is 33.2 Å². The molecule has 1 aromatic carbocycles. The lowest BCUT2D eigenvalue weighted by Gasteiger charge is -2.32. The third-order valence-corrected chi connectivity index (χ3v) is 4.70. The Bertz CT molecular complexity index is 461. The average molecular weight is 290 g/mol. The molecule has 3 heteroatoms. The molecule has 0 saturated carbocycles. The van der Waals surface area contributed by atoms with Gasteiger partial charge in [-0.2, -0.15) is 0 Å². The Balaban J connectivity index is 2.09. The lowest BCUT2D eigenvalue weighted by molar-refractivity contribution is 0.0849. The summed E-state index contributed by atoms with van der Waals surface area (Å²) in [6.45, 7) is 10.5. The Labute approximate surface area is 129 Å². The highest BCUT2D eigenvalue weighted by atomic mass is 16.3. The normalized spacial score (nSPS) is 23.0. The minimum atomic E-state index is -0.387. The average Bonchev–Trinajstić information content (AvgIpc) is 2.63. The molecule has 0 spiro atoms. The zero-order valence-corrected chi connectivity index (χ0v) is 14.0. The molecule has 2 atom stereocenters. The lowest BCUT2D eigenvalue weighted by atomic mass is 10.00. The summed E-state index contributed by atoms with van der Waals surface area (Å²) in [6, 6.07) is 6.91. The van der Waals surface area contributed by atoms with E-state index in [4.69, 9.17) is 0 Å². The molecule has 21 heavy (non-hydrogen) atoms. The van der Waals surface area contributed by atoms with Crippen LogP contribution < -0.4 is 0 Å². The second kappa shape index (κ2) is 7.39. The Morgan fingerprint density at radius 1 is 1.29 bits per heavy atom. The summed E-state index contributed by atoms with van der Waals surface area (Å²) in [7, 11) is 2.20. The van der Waals surface area contributed by atoms with Gasteiger partial charge in [-0.05, 0) is 58.0 Å². The fraction of sp³-hybridized carbons (Fsp3) is 0.667. The summed E-state index contributed by atoms with van der Waals surface area (Å²) >= 11 is 0. The van der Waals surface area contributed by atoms with Crippen LogP contribution in [0.4, 0.5) is 0 Å². The molecule has 1 heterocycles. The molecular formula is C18H30N2O. The predicted molar refractivity (Wildman–Crippen MR) is 88.6 cm³/mol. The van der Waals surface area contributed by atoms with Crippen molar-refractivity contribution >= 4 is 0 Å². The van der Waals surface area contributed by atoms with Crippen molar-refractivity contribution in [2.45, 2.75) is 45.8 Å². The SMILES string of the molecule is CCC1CN(C)CCCN1CC(O)c1cc(C)ccc1C. The van der Waals surface area contributed by atoms with E-state index in [1.54, 1.807) is 0 Å². The van der Waals surface area contributed by atoms with Gasteiger partial charge in [0.15, 0.2) is 0 Å². The molecule has 3 nitrogen and oxygen atoms in total. The van der Waals surface area contributed by atoms with Crippen LogP contribution in [-0.4, -0.2) is 54.2 Å². The van der Waals surface area contributed by atoms with Gasteiger partial charge in [0.2, 0.25) is 0 Å². The van der Waals surface area contributed by atoms with Crippen molar-refractivity contribution in [1.29, 1.82) is 0 Å². The first kappa shape index (κ1) is 16.5. The molecule has 0 radical (unpaired) electrons. The first-order valence-electron chi connectivity index (χ1n) is 8.19. The summed E-state index contributed by atoms with van der Waals surface area (Å²) in [5.74, 6) is 0. The van der Waals surface area contributed by atoms with Crippen molar-refractivity contribution in [1.82, 2.24) is 9.80 Å². The number of hydrogen-bond acceptors (Lipinski definition) is 3. The minimum absolute atomic E-state index is 0.387. The monoisotopic (exact) mass is 290 g/mol. The highest BCUT2D eigenvalue weighted by molar-refractivity contribution is 5.32. The maximum Gasteiger partial charge on any atom is 0.0919 e. The molecule has 118 valence electrons. The maximum absolute atomic E-state index is 10.7. The predicted octanol–water partition coefficient (Wildman–Crippen LogP) is 2.75. The second-order valence-electron chi connectivity index (χ2n) is 6.55. The third-order valence-electron chi connectivity index (χ3n) is 4.70. The molecule has 1 fully saturated rings. The number of rotatable bonds is 4. The van der Waals surface area contributed by atoms with Gasteiger partial charge in [-0.3, -0.25) is 4.90 Å². The van der Waals surface area contributed by atoms with Gasteiger partial charge in [0.25, 0.3) is 0 Å². The van der Waals surface area contributed by atoms with Crippen LogP contribution in [0.3, 0.4) is 0 Å². The summed E-state index contributed by atoms with van der Waals surface area (Å²) < 4.78 is 0. The van der Waals surface area contributed by atoms with Crippen LogP contribution in [0.2, 0.25) is 0 Å². The van der Waals surface area contributed by atoms with Gasteiger partial charge in [0, 0.05) is 19.1 Å². The van der Waals surface area contributed by atoms with Gasteiger partial charge in [0.1, 0.15) is 0 Å². The summed E-state index contributed by atoms with van der Waals surface area (Å²) in [4.78, 5) is 4.90. The summed E-state index contributed by atoms with van der Waals surface area (Å²) in [6.07, 6.45) is 1.94. The first-order valence-corrected chi connectivity index (χ1v) is 8.19. The number of hydrogen-bond donors (Lipinski definition) is 1. The smallest absolute Gasteiger partial charge is 0.0919 e. The fourth-order valence-corrected chi connectivity index (χ4v) is 3.36. The van der Waals surface area contributed by atoms with E-state index in [9.17, 15) is 5.11 Å². The Morgan fingerprint density at radius 2 is 2.05 bits per heavy atom. The molecule has 0 aliphatic carbocycles. The molecule has 1 N–H and O–H groups in total. The van der Waals surface area contributed by atoms with E-state index in [0.29, 0.717) is 6.04 Å². The Morgan fingerprint density at radius 3 is 2.76 bits per heavy atom. The maximum atomic E-state index is 10.7. The highest BCUT2D eigenvalue weighted by Crippen LogP contribution is 2.22. The quantitative estimate of drug-likeness (QED) is 0.923. The molecule has 0 aromatic heterocycles. The molecule has 2 rings (SSSR count). The van der Waals surface area contributed by atoms with E-state index in [-0.39, 0.29) is 6.10 Å². The van der Waals surface area contributed by atoms with Crippen LogP contribution in [0, 0.1) is 13.8 Å². The zero-order chi connectivity index (χ0) is 15.4. The van der Waals surface area contributed by atoms with Crippen LogP contribution in [-0.2, 0) is 0 Å². The number of nitrogens with zero attached hydrogens (tertiary/aromatic N) is 2. The third kappa shape index (κ3) is 4.29. The molecular weight excluding hydrogens is 260 g/mol. The zero-order valence-electron chi connectivity index (χ0n) is 14.0. The summed E-state index contributed by atoms with van der Waals surface area (Å²) in [5, 5.41) is 10.7. The Kier molecular flexibility index (Phi) is 5.80. The van der Waals surface area contributed by atoms with Crippen LogP contribution in [0.1, 0.15) is 42.6 Å². The lowest BCUT2D eigenvalue weighted by Crippen LogP contribution is -2.41. The minimum Gasteiger partial charge on any atom is -0.387 e. The van der Waals surface area contributed by atoms with Gasteiger partial charge >= 0.3 is 0 Å². The highest BCUT2D eigenvalue weighted by Gasteiger charge is 2.24. The van der Waals surface area contributed by atoms with Crippen LogP contribution in [0.15, 0.2) is 18.2 Å². The molecule has 0 amide bonds. The van der Waals surface area contributed by atoms with E-state index in [2.05, 4.69) is 55.8 Å². The van der Waals surface area contributed by atoms with Crippen LogP contribution >= 0.6 is 0 Å². The van der Waals surface area contributed by atoms with Crippen molar-refractivity contribution in [3.8, 4) is 0 Å². The van der Waals surface area contributed by atoms with Gasteiger partial charge < -0.3 is 10.0 Å². The van der Waals surface area contributed by atoms with Gasteiger partial charge in [-0.15, -0.1) is 0 Å². The van der Waals surface area contributed by atoms with E-state index in [0.717, 1.165) is 38.2 Å². The molecule has 1 aromatic rings. The van der Waals surface area contributed by atoms with E-state index in [1.807, 2.05) is 0 Å². The number of likely N-dealkylation sites (N-methyl/N-ethyl adjacent to an activating group) is 1. The molecule has 1 saturated heterocycles. The largest absolute Gasteiger partial charge is 0.387 e. The number of benzene rings is 1. The topological polar surface area (TPSA) is 26.7 Å². The molecule has 1 aliphatic heterocycles. The summed E-state index contributed by atoms with van der Waals surface area (Å²) in [5.41, 5.74) is 3.49. The van der Waals surface area contributed by atoms with Crippen molar-refractivity contribution in [2.24, 2.45) is 0 Å². The molecule has 0 bridgehead atoms.